The Bertz CT molecular complexity index is 1030. The van der Waals surface area contributed by atoms with Gasteiger partial charge in [0.05, 0.1) is 29.0 Å². The summed E-state index contributed by atoms with van der Waals surface area (Å²) in [6.07, 6.45) is 0. The first-order valence-corrected chi connectivity index (χ1v) is 9.44. The molecule has 0 aliphatic rings. The van der Waals surface area contributed by atoms with Crippen molar-refractivity contribution in [1.82, 2.24) is 18.9 Å². The first-order chi connectivity index (χ1) is 12.7. The fraction of sp³-hybridized carbons (Fsp3) is 0.318. The number of fused-ring (bicyclic) bond motifs is 3. The molecule has 0 saturated heterocycles. The zero-order valence-electron chi connectivity index (χ0n) is 16.6. The van der Waals surface area contributed by atoms with Crippen LogP contribution in [0, 0.1) is 6.92 Å². The smallest absolute Gasteiger partial charge is 0.215 e. The second-order valence-electron chi connectivity index (χ2n) is 6.80. The standard InChI is InChI=1S/C22H26N4.2ClH/c1-4-24(5-2)16-21-17(3)23-22-25(15-18-11-7-6-8-12-18)19-13-9-10-14-20(19)26(21)22;;/h6-14H,4-5,15-16H2,1-3H3;2*1H. The molecule has 0 N–H and O–H groups in total. The van der Waals surface area contributed by atoms with Gasteiger partial charge in [0.25, 0.3) is 0 Å². The molecular weight excluding hydrogens is 391 g/mol. The molecule has 0 aliphatic heterocycles. The number of aryl methyl sites for hydroxylation is 1. The van der Waals surface area contributed by atoms with Gasteiger partial charge in [-0.25, -0.2) is 4.98 Å². The molecular formula is C22H28Cl2N4. The first-order valence-electron chi connectivity index (χ1n) is 9.44. The molecule has 0 fully saturated rings. The van der Waals surface area contributed by atoms with E-state index in [2.05, 4.69) is 89.2 Å². The summed E-state index contributed by atoms with van der Waals surface area (Å²) in [5, 5.41) is 0. The van der Waals surface area contributed by atoms with Crippen molar-refractivity contribution in [3.63, 3.8) is 0 Å². The maximum Gasteiger partial charge on any atom is 0.215 e. The van der Waals surface area contributed by atoms with E-state index in [1.54, 1.807) is 0 Å². The number of aromatic nitrogens is 3. The summed E-state index contributed by atoms with van der Waals surface area (Å²) >= 11 is 0. The van der Waals surface area contributed by atoms with Crippen molar-refractivity contribution >= 4 is 41.6 Å². The third kappa shape index (κ3) is 3.90. The molecule has 6 heteroatoms. The molecule has 4 nitrogen and oxygen atoms in total. The maximum atomic E-state index is 4.97. The summed E-state index contributed by atoms with van der Waals surface area (Å²) in [6.45, 7) is 10.4. The Morgan fingerprint density at radius 1 is 0.857 bits per heavy atom. The van der Waals surface area contributed by atoms with Crippen molar-refractivity contribution in [3.8, 4) is 0 Å². The monoisotopic (exact) mass is 418 g/mol. The van der Waals surface area contributed by atoms with E-state index in [1.807, 2.05) is 0 Å². The van der Waals surface area contributed by atoms with Crippen molar-refractivity contribution < 1.29 is 0 Å². The molecule has 0 saturated carbocycles. The number of hydrogen-bond donors (Lipinski definition) is 0. The Morgan fingerprint density at radius 2 is 1.46 bits per heavy atom. The van der Waals surface area contributed by atoms with E-state index in [9.17, 15) is 0 Å². The van der Waals surface area contributed by atoms with E-state index in [1.165, 1.54) is 22.3 Å². The highest BCUT2D eigenvalue weighted by Crippen LogP contribution is 2.26. The minimum atomic E-state index is 0. The minimum absolute atomic E-state index is 0. The normalized spacial score (nSPS) is 11.0. The van der Waals surface area contributed by atoms with Gasteiger partial charge in [0.1, 0.15) is 0 Å². The lowest BCUT2D eigenvalue weighted by Gasteiger charge is -2.17. The van der Waals surface area contributed by atoms with Gasteiger partial charge in [-0.1, -0.05) is 56.3 Å². The molecule has 0 aliphatic carbocycles. The third-order valence-corrected chi connectivity index (χ3v) is 5.26. The summed E-state index contributed by atoms with van der Waals surface area (Å²) in [7, 11) is 0. The molecule has 2 aromatic carbocycles. The van der Waals surface area contributed by atoms with Crippen molar-refractivity contribution in [2.45, 2.75) is 33.9 Å². The van der Waals surface area contributed by atoms with E-state index in [0.29, 0.717) is 0 Å². The summed E-state index contributed by atoms with van der Waals surface area (Å²) < 4.78 is 4.69. The zero-order valence-corrected chi connectivity index (χ0v) is 18.3. The lowest BCUT2D eigenvalue weighted by Crippen LogP contribution is -2.23. The van der Waals surface area contributed by atoms with Crippen LogP contribution >= 0.6 is 24.8 Å². The lowest BCUT2D eigenvalue weighted by molar-refractivity contribution is 0.291. The Labute approximate surface area is 179 Å². The molecule has 4 aromatic rings. The molecule has 0 bridgehead atoms. The minimum Gasteiger partial charge on any atom is -0.305 e. The van der Waals surface area contributed by atoms with Gasteiger partial charge >= 0.3 is 0 Å². The molecule has 0 atom stereocenters. The van der Waals surface area contributed by atoms with Crippen LogP contribution in [0.5, 0.6) is 0 Å². The van der Waals surface area contributed by atoms with Gasteiger partial charge in [-0.2, -0.15) is 0 Å². The Kier molecular flexibility index (Phi) is 7.53. The number of para-hydroxylation sites is 2. The maximum absolute atomic E-state index is 4.97. The highest BCUT2D eigenvalue weighted by molar-refractivity contribution is 5.85. The number of rotatable bonds is 6. The van der Waals surface area contributed by atoms with Crippen LogP contribution in [0.25, 0.3) is 16.8 Å². The SMILES string of the molecule is CCN(CC)Cc1c(C)nc2n(Cc3ccccc3)c3ccccc3n12.Cl.Cl. The van der Waals surface area contributed by atoms with Gasteiger partial charge in [-0.3, -0.25) is 9.30 Å². The van der Waals surface area contributed by atoms with Gasteiger partial charge in [0, 0.05) is 6.54 Å². The van der Waals surface area contributed by atoms with Gasteiger partial charge in [0.2, 0.25) is 5.78 Å². The van der Waals surface area contributed by atoms with Crippen LogP contribution in [0.1, 0.15) is 30.8 Å². The Balaban J connectivity index is 0.00000140. The fourth-order valence-corrected chi connectivity index (χ4v) is 3.74. The van der Waals surface area contributed by atoms with Crippen LogP contribution in [-0.4, -0.2) is 31.9 Å². The van der Waals surface area contributed by atoms with E-state index in [0.717, 1.165) is 37.7 Å². The van der Waals surface area contributed by atoms with Gasteiger partial charge in [0.15, 0.2) is 0 Å². The van der Waals surface area contributed by atoms with Crippen molar-refractivity contribution in [2.24, 2.45) is 0 Å². The zero-order chi connectivity index (χ0) is 18.1. The van der Waals surface area contributed by atoms with Gasteiger partial charge < -0.3 is 4.57 Å². The number of hydrogen-bond acceptors (Lipinski definition) is 2. The van der Waals surface area contributed by atoms with Crippen LogP contribution < -0.4 is 0 Å². The summed E-state index contributed by atoms with van der Waals surface area (Å²) in [5.74, 6) is 1.04. The predicted molar refractivity (Wildman–Crippen MR) is 122 cm³/mol. The lowest BCUT2D eigenvalue weighted by atomic mass is 10.2. The summed E-state index contributed by atoms with van der Waals surface area (Å²) in [6, 6.07) is 19.2. The van der Waals surface area contributed by atoms with E-state index in [-0.39, 0.29) is 24.8 Å². The molecule has 2 aromatic heterocycles. The number of halogens is 2. The number of nitrogens with zero attached hydrogens (tertiary/aromatic N) is 4. The summed E-state index contributed by atoms with van der Waals surface area (Å²) in [5.41, 5.74) is 6.19. The van der Waals surface area contributed by atoms with Crippen LogP contribution in [0.2, 0.25) is 0 Å². The van der Waals surface area contributed by atoms with Crippen LogP contribution in [0.4, 0.5) is 0 Å². The quantitative estimate of drug-likeness (QED) is 0.422. The molecule has 0 unspecified atom stereocenters. The van der Waals surface area contributed by atoms with E-state index >= 15 is 0 Å². The number of benzene rings is 2. The van der Waals surface area contributed by atoms with E-state index < -0.39 is 0 Å². The average Bonchev–Trinajstić information content (AvgIpc) is 3.15. The second-order valence-corrected chi connectivity index (χ2v) is 6.80. The Hall–Kier alpha value is -2.01. The highest BCUT2D eigenvalue weighted by Gasteiger charge is 2.19. The first kappa shape index (κ1) is 22.3. The molecule has 2 heterocycles. The second kappa shape index (κ2) is 9.46. The third-order valence-electron chi connectivity index (χ3n) is 5.26. The topological polar surface area (TPSA) is 25.5 Å². The molecule has 4 rings (SSSR count). The molecule has 0 radical (unpaired) electrons. The van der Waals surface area contributed by atoms with Crippen LogP contribution in [0.3, 0.4) is 0 Å². The average molecular weight is 419 g/mol. The largest absolute Gasteiger partial charge is 0.305 e. The van der Waals surface area contributed by atoms with Crippen molar-refractivity contribution in [2.75, 3.05) is 13.1 Å². The molecule has 0 amide bonds. The van der Waals surface area contributed by atoms with Crippen molar-refractivity contribution in [3.05, 3.63) is 71.5 Å². The highest BCUT2D eigenvalue weighted by atomic mass is 35.5. The molecule has 150 valence electrons. The Morgan fingerprint density at radius 3 is 2.11 bits per heavy atom. The van der Waals surface area contributed by atoms with Gasteiger partial charge in [-0.05, 0) is 37.7 Å². The predicted octanol–water partition coefficient (Wildman–Crippen LogP) is 5.33. The van der Waals surface area contributed by atoms with Crippen LogP contribution in [0.15, 0.2) is 54.6 Å². The number of imidazole rings is 2. The van der Waals surface area contributed by atoms with Crippen molar-refractivity contribution in [1.29, 1.82) is 0 Å². The van der Waals surface area contributed by atoms with Gasteiger partial charge in [-0.15, -0.1) is 24.8 Å². The van der Waals surface area contributed by atoms with E-state index in [4.69, 9.17) is 4.98 Å². The molecule has 0 spiro atoms. The summed E-state index contributed by atoms with van der Waals surface area (Å²) in [4.78, 5) is 7.41. The molecule has 28 heavy (non-hydrogen) atoms. The fourth-order valence-electron chi connectivity index (χ4n) is 3.74. The van der Waals surface area contributed by atoms with Crippen LogP contribution in [-0.2, 0) is 13.1 Å².